The van der Waals surface area contributed by atoms with Gasteiger partial charge in [0.05, 0.1) is 16.7 Å². The van der Waals surface area contributed by atoms with Gasteiger partial charge in [0.1, 0.15) is 6.10 Å². The van der Waals surface area contributed by atoms with Gasteiger partial charge < -0.3 is 14.8 Å². The summed E-state index contributed by atoms with van der Waals surface area (Å²) >= 11 is 3.58. The molecule has 7 heteroatoms. The number of nitrogens with one attached hydrogen (secondary N) is 1. The van der Waals surface area contributed by atoms with Gasteiger partial charge in [-0.1, -0.05) is 48.0 Å². The van der Waals surface area contributed by atoms with Crippen molar-refractivity contribution in [2.75, 3.05) is 11.9 Å². The highest BCUT2D eigenvalue weighted by atomic mass is 79.9. The number of ether oxygens (including phenoxy) is 2. The van der Waals surface area contributed by atoms with E-state index < -0.39 is 17.8 Å². The SMILES string of the molecule is CCc1cccc(CC)c1NC(=O)COC(=O)[C@@H]1[C@H]2C[C@H]3[C@H](OC(=O)[C@H]31)[C@@H]2Br. The molecule has 6 nitrogen and oxygen atoms in total. The van der Waals surface area contributed by atoms with Crippen LogP contribution in [0.2, 0.25) is 0 Å². The highest BCUT2D eigenvalue weighted by Crippen LogP contribution is 2.60. The third kappa shape index (κ3) is 3.04. The number of rotatable bonds is 6. The van der Waals surface area contributed by atoms with Crippen molar-refractivity contribution in [2.24, 2.45) is 23.7 Å². The van der Waals surface area contributed by atoms with Gasteiger partial charge in [-0.2, -0.15) is 0 Å². The van der Waals surface area contributed by atoms with Crippen LogP contribution in [0.4, 0.5) is 5.69 Å². The Morgan fingerprint density at radius 1 is 1.21 bits per heavy atom. The fourth-order valence-electron chi connectivity index (χ4n) is 5.11. The summed E-state index contributed by atoms with van der Waals surface area (Å²) in [5, 5.41) is 2.89. The Balaban J connectivity index is 1.40. The molecule has 0 spiro atoms. The smallest absolute Gasteiger partial charge is 0.310 e. The van der Waals surface area contributed by atoms with Crippen molar-refractivity contribution in [2.45, 2.75) is 44.0 Å². The van der Waals surface area contributed by atoms with Crippen molar-refractivity contribution in [3.63, 3.8) is 0 Å². The number of carbonyl (C=O) groups excluding carboxylic acids is 3. The van der Waals surface area contributed by atoms with Gasteiger partial charge in [0.25, 0.3) is 5.91 Å². The molecular weight excluding hydrogens is 426 g/mol. The number of benzene rings is 1. The molecule has 0 radical (unpaired) electrons. The summed E-state index contributed by atoms with van der Waals surface area (Å²) in [7, 11) is 0. The number of para-hydroxylation sites is 1. The molecule has 150 valence electrons. The normalized spacial score (nSPS) is 32.3. The standard InChI is InChI=1S/C21H24BrNO5/c1-3-10-6-5-7-11(4-2)18(10)23-14(24)9-27-20(25)15-12-8-13-16(15)21(26)28-19(13)17(12)22/h5-7,12-13,15-17,19H,3-4,8-9H2,1-2H3,(H,23,24)/t12-,13-,15-,16-,17-,19+/m1/s1. The van der Waals surface area contributed by atoms with Gasteiger partial charge in [-0.3, -0.25) is 14.4 Å². The summed E-state index contributed by atoms with van der Waals surface area (Å²) in [5.74, 6) is -2.00. The van der Waals surface area contributed by atoms with Crippen LogP contribution in [0.25, 0.3) is 0 Å². The topological polar surface area (TPSA) is 81.7 Å². The number of hydrogen-bond donors (Lipinski definition) is 1. The van der Waals surface area contributed by atoms with Gasteiger partial charge in [-0.05, 0) is 36.3 Å². The summed E-state index contributed by atoms with van der Waals surface area (Å²) < 4.78 is 10.7. The Morgan fingerprint density at radius 3 is 2.54 bits per heavy atom. The molecule has 1 N–H and O–H groups in total. The molecule has 3 aliphatic rings. The Bertz CT molecular complexity index is 803. The molecule has 2 saturated carbocycles. The molecule has 28 heavy (non-hydrogen) atoms. The van der Waals surface area contributed by atoms with Crippen LogP contribution in [0.1, 0.15) is 31.4 Å². The van der Waals surface area contributed by atoms with Gasteiger partial charge in [0, 0.05) is 11.6 Å². The van der Waals surface area contributed by atoms with E-state index in [1.54, 1.807) is 0 Å². The zero-order chi connectivity index (χ0) is 20.0. The van der Waals surface area contributed by atoms with Crippen molar-refractivity contribution in [1.29, 1.82) is 0 Å². The highest BCUT2D eigenvalue weighted by molar-refractivity contribution is 9.09. The number of aryl methyl sites for hydroxylation is 2. The van der Waals surface area contributed by atoms with E-state index >= 15 is 0 Å². The Morgan fingerprint density at radius 2 is 1.89 bits per heavy atom. The van der Waals surface area contributed by atoms with E-state index in [1.165, 1.54) is 0 Å². The molecule has 0 unspecified atom stereocenters. The quantitative estimate of drug-likeness (QED) is 0.533. The number of carbonyl (C=O) groups is 3. The minimum Gasteiger partial charge on any atom is -0.461 e. The first-order valence-corrected chi connectivity index (χ1v) is 10.8. The second-order valence-electron chi connectivity index (χ2n) is 7.78. The van der Waals surface area contributed by atoms with Gasteiger partial charge >= 0.3 is 11.9 Å². The Hall–Kier alpha value is -1.89. The van der Waals surface area contributed by atoms with Crippen molar-refractivity contribution < 1.29 is 23.9 Å². The predicted octanol–water partition coefficient (Wildman–Crippen LogP) is 2.86. The number of amides is 1. The van der Waals surface area contributed by atoms with Crippen LogP contribution < -0.4 is 5.32 Å². The monoisotopic (exact) mass is 449 g/mol. The molecule has 1 heterocycles. The van der Waals surface area contributed by atoms with Crippen molar-refractivity contribution in [3.8, 4) is 0 Å². The zero-order valence-electron chi connectivity index (χ0n) is 15.9. The van der Waals surface area contributed by atoms with Crippen LogP contribution in [0.15, 0.2) is 18.2 Å². The van der Waals surface area contributed by atoms with Crippen molar-refractivity contribution in [1.82, 2.24) is 0 Å². The van der Waals surface area contributed by atoms with Crippen LogP contribution in [-0.2, 0) is 36.7 Å². The molecule has 4 rings (SSSR count). The van der Waals surface area contributed by atoms with Crippen LogP contribution >= 0.6 is 15.9 Å². The number of anilines is 1. The molecule has 1 saturated heterocycles. The maximum atomic E-state index is 12.7. The number of fused-ring (bicyclic) bond motifs is 1. The van der Waals surface area contributed by atoms with E-state index in [4.69, 9.17) is 9.47 Å². The lowest BCUT2D eigenvalue weighted by atomic mass is 9.80. The largest absolute Gasteiger partial charge is 0.461 e. The molecule has 1 aliphatic heterocycles. The first kappa shape index (κ1) is 19.4. The third-order valence-electron chi connectivity index (χ3n) is 6.40. The predicted molar refractivity (Wildman–Crippen MR) is 106 cm³/mol. The van der Waals surface area contributed by atoms with E-state index in [9.17, 15) is 14.4 Å². The summed E-state index contributed by atoms with van der Waals surface area (Å²) in [6, 6.07) is 5.94. The summed E-state index contributed by atoms with van der Waals surface area (Å²) in [4.78, 5) is 37.2. The molecule has 2 aliphatic carbocycles. The Labute approximate surface area is 172 Å². The maximum absolute atomic E-state index is 12.7. The summed E-state index contributed by atoms with van der Waals surface area (Å²) in [5.41, 5.74) is 2.90. The second kappa shape index (κ2) is 7.50. The zero-order valence-corrected chi connectivity index (χ0v) is 17.5. The van der Waals surface area contributed by atoms with Gasteiger partial charge in [0.2, 0.25) is 0 Å². The molecule has 1 aromatic rings. The number of hydrogen-bond acceptors (Lipinski definition) is 5. The number of alkyl halides is 1. The molecule has 6 atom stereocenters. The van der Waals surface area contributed by atoms with Crippen molar-refractivity contribution in [3.05, 3.63) is 29.3 Å². The molecule has 1 amide bonds. The first-order valence-electron chi connectivity index (χ1n) is 9.88. The number of esters is 2. The molecular formula is C21H24BrNO5. The Kier molecular flexibility index (Phi) is 5.21. The van der Waals surface area contributed by atoms with Gasteiger partial charge in [-0.15, -0.1) is 0 Å². The van der Waals surface area contributed by atoms with Crippen LogP contribution in [0.5, 0.6) is 0 Å². The lowest BCUT2D eigenvalue weighted by Gasteiger charge is -2.26. The van der Waals surface area contributed by atoms with E-state index in [2.05, 4.69) is 21.2 Å². The summed E-state index contributed by atoms with van der Waals surface area (Å²) in [6.45, 7) is 3.71. The second-order valence-corrected chi connectivity index (χ2v) is 8.83. The highest BCUT2D eigenvalue weighted by Gasteiger charge is 2.68. The lowest BCUT2D eigenvalue weighted by Crippen LogP contribution is -2.39. The molecule has 0 aromatic heterocycles. The van der Waals surface area contributed by atoms with Crippen LogP contribution in [0, 0.1) is 23.7 Å². The van der Waals surface area contributed by atoms with Gasteiger partial charge in [0.15, 0.2) is 6.61 Å². The van der Waals surface area contributed by atoms with E-state index in [-0.39, 0.29) is 41.3 Å². The van der Waals surface area contributed by atoms with Crippen molar-refractivity contribution >= 4 is 39.5 Å². The average Bonchev–Trinajstić information content (AvgIpc) is 3.30. The minimum atomic E-state index is -0.525. The molecule has 1 aromatic carbocycles. The minimum absolute atomic E-state index is 0.0184. The molecule has 2 bridgehead atoms. The molecule has 3 fully saturated rings. The summed E-state index contributed by atoms with van der Waals surface area (Å²) in [6.07, 6.45) is 2.25. The third-order valence-corrected chi connectivity index (χ3v) is 7.60. The van der Waals surface area contributed by atoms with E-state index in [1.807, 2.05) is 32.0 Å². The van der Waals surface area contributed by atoms with Crippen LogP contribution in [-0.4, -0.2) is 35.4 Å². The fourth-order valence-corrected chi connectivity index (χ4v) is 6.15. The lowest BCUT2D eigenvalue weighted by molar-refractivity contribution is -0.157. The maximum Gasteiger partial charge on any atom is 0.310 e. The fraction of sp³-hybridized carbons (Fsp3) is 0.571. The van der Waals surface area contributed by atoms with Crippen LogP contribution in [0.3, 0.4) is 0 Å². The van der Waals surface area contributed by atoms with E-state index in [0.29, 0.717) is 0 Å². The van der Waals surface area contributed by atoms with Gasteiger partial charge in [-0.25, -0.2) is 0 Å². The average molecular weight is 450 g/mol. The first-order chi connectivity index (χ1) is 13.5. The van der Waals surface area contributed by atoms with E-state index in [0.717, 1.165) is 36.1 Å². The number of halogens is 1.